The van der Waals surface area contributed by atoms with E-state index in [-0.39, 0.29) is 18.0 Å². The molecule has 0 radical (unpaired) electrons. The van der Waals surface area contributed by atoms with E-state index in [1.807, 2.05) is 6.92 Å². The first kappa shape index (κ1) is 19.8. The normalized spacial score (nSPS) is 9.96. The van der Waals surface area contributed by atoms with E-state index >= 15 is 0 Å². The lowest BCUT2D eigenvalue weighted by atomic mass is 10.3. The van der Waals surface area contributed by atoms with E-state index in [1.165, 1.54) is 31.1 Å². The van der Waals surface area contributed by atoms with Crippen LogP contribution < -0.4 is 10.1 Å². The van der Waals surface area contributed by atoms with E-state index in [1.54, 1.807) is 6.26 Å². The molecule has 132 valence electrons. The van der Waals surface area contributed by atoms with Gasteiger partial charge < -0.3 is 19.5 Å². The highest BCUT2D eigenvalue weighted by molar-refractivity contribution is 7.98. The zero-order valence-corrected chi connectivity index (χ0v) is 14.6. The quantitative estimate of drug-likeness (QED) is 0.429. The molecular weight excluding hydrogens is 336 g/mol. The summed E-state index contributed by atoms with van der Waals surface area (Å²) in [5, 5.41) is 2.28. The van der Waals surface area contributed by atoms with Crippen LogP contribution in [0.5, 0.6) is 5.88 Å². The lowest BCUT2D eigenvalue weighted by molar-refractivity contribution is -0.142. The second kappa shape index (κ2) is 10.5. The average Bonchev–Trinajstić information content (AvgIpc) is 2.59. The maximum atomic E-state index is 11.7. The molecule has 1 amide bonds. The van der Waals surface area contributed by atoms with Gasteiger partial charge in [0.1, 0.15) is 6.54 Å². The standard InChI is InChI=1S/C15H20N2O6S/c1-4-5-6-22-12(18)9-17-15(20)23-13-11(24-3)7-10(8-16-13)14(19)21-2/h7-8H,4-6,9H2,1-3H3,(H,17,20). The Morgan fingerprint density at radius 3 is 2.71 bits per heavy atom. The predicted molar refractivity (Wildman–Crippen MR) is 87.3 cm³/mol. The number of thioether (sulfide) groups is 1. The first-order valence-electron chi connectivity index (χ1n) is 7.25. The van der Waals surface area contributed by atoms with E-state index in [0.717, 1.165) is 12.8 Å². The second-order valence-corrected chi connectivity index (χ2v) is 5.39. The number of aromatic nitrogens is 1. The van der Waals surface area contributed by atoms with Gasteiger partial charge in [0, 0.05) is 6.20 Å². The molecule has 0 unspecified atom stereocenters. The minimum Gasteiger partial charge on any atom is -0.465 e. The van der Waals surface area contributed by atoms with Crippen molar-refractivity contribution >= 4 is 29.8 Å². The topological polar surface area (TPSA) is 104 Å². The second-order valence-electron chi connectivity index (χ2n) is 4.54. The highest BCUT2D eigenvalue weighted by atomic mass is 32.2. The molecule has 9 heteroatoms. The number of hydrogen-bond donors (Lipinski definition) is 1. The fourth-order valence-corrected chi connectivity index (χ4v) is 2.05. The molecule has 0 aliphatic heterocycles. The number of carbonyl (C=O) groups excluding carboxylic acids is 3. The van der Waals surface area contributed by atoms with E-state index in [4.69, 9.17) is 9.47 Å². The van der Waals surface area contributed by atoms with Gasteiger partial charge in [0.2, 0.25) is 5.88 Å². The lowest BCUT2D eigenvalue weighted by Crippen LogP contribution is -2.33. The minimum atomic E-state index is -0.837. The third-order valence-electron chi connectivity index (χ3n) is 2.79. The van der Waals surface area contributed by atoms with Crippen LogP contribution in [-0.4, -0.2) is 49.5 Å². The summed E-state index contributed by atoms with van der Waals surface area (Å²) >= 11 is 1.25. The SMILES string of the molecule is CCCCOC(=O)CNC(=O)Oc1ncc(C(=O)OC)cc1SC. The molecule has 0 saturated carbocycles. The molecule has 24 heavy (non-hydrogen) atoms. The average molecular weight is 356 g/mol. The Hall–Kier alpha value is -2.29. The van der Waals surface area contributed by atoms with Crippen molar-refractivity contribution in [2.45, 2.75) is 24.7 Å². The molecule has 1 rings (SSSR count). The van der Waals surface area contributed by atoms with Crippen LogP contribution in [0.4, 0.5) is 4.79 Å². The molecule has 1 aromatic rings. The monoisotopic (exact) mass is 356 g/mol. The van der Waals surface area contributed by atoms with Gasteiger partial charge >= 0.3 is 18.0 Å². The number of pyridine rings is 1. The first-order chi connectivity index (χ1) is 11.5. The van der Waals surface area contributed by atoms with Crippen LogP contribution in [0.25, 0.3) is 0 Å². The molecule has 0 fully saturated rings. The number of ether oxygens (including phenoxy) is 3. The molecular formula is C15H20N2O6S. The van der Waals surface area contributed by atoms with Crippen LogP contribution in [-0.2, 0) is 14.3 Å². The van der Waals surface area contributed by atoms with Gasteiger partial charge in [0.05, 0.1) is 24.2 Å². The van der Waals surface area contributed by atoms with Gasteiger partial charge in [-0.1, -0.05) is 13.3 Å². The Kier molecular flexibility index (Phi) is 8.63. The fraction of sp³-hybridized carbons (Fsp3) is 0.467. The maximum absolute atomic E-state index is 11.7. The largest absolute Gasteiger partial charge is 0.465 e. The summed E-state index contributed by atoms with van der Waals surface area (Å²) < 4.78 is 14.5. The molecule has 0 bridgehead atoms. The van der Waals surface area contributed by atoms with Gasteiger partial charge in [-0.3, -0.25) is 4.79 Å². The van der Waals surface area contributed by atoms with Crippen LogP contribution in [0, 0.1) is 0 Å². The number of methoxy groups -OCH3 is 1. The number of rotatable bonds is 8. The molecule has 1 aromatic heterocycles. The number of nitrogens with zero attached hydrogens (tertiary/aromatic N) is 1. The summed E-state index contributed by atoms with van der Waals surface area (Å²) in [4.78, 5) is 39.0. The molecule has 0 aliphatic rings. The number of amides is 1. The van der Waals surface area contributed by atoms with Gasteiger partial charge in [-0.25, -0.2) is 14.6 Å². The summed E-state index contributed by atoms with van der Waals surface area (Å²) in [6, 6.07) is 1.51. The highest BCUT2D eigenvalue weighted by Crippen LogP contribution is 2.26. The van der Waals surface area contributed by atoms with Crippen LogP contribution >= 0.6 is 11.8 Å². The van der Waals surface area contributed by atoms with Crippen LogP contribution in [0.1, 0.15) is 30.1 Å². The van der Waals surface area contributed by atoms with E-state index < -0.39 is 18.0 Å². The summed E-state index contributed by atoms with van der Waals surface area (Å²) in [6.45, 7) is 2.00. The highest BCUT2D eigenvalue weighted by Gasteiger charge is 2.15. The van der Waals surface area contributed by atoms with Crippen molar-refractivity contribution in [2.75, 3.05) is 26.5 Å². The van der Waals surface area contributed by atoms with Crippen molar-refractivity contribution < 1.29 is 28.6 Å². The van der Waals surface area contributed by atoms with Crippen molar-refractivity contribution in [2.24, 2.45) is 0 Å². The smallest absolute Gasteiger partial charge is 0.414 e. The molecule has 8 nitrogen and oxygen atoms in total. The van der Waals surface area contributed by atoms with E-state index in [2.05, 4.69) is 15.0 Å². The van der Waals surface area contributed by atoms with Crippen LogP contribution in [0.2, 0.25) is 0 Å². The van der Waals surface area contributed by atoms with Crippen molar-refractivity contribution in [1.82, 2.24) is 10.3 Å². The van der Waals surface area contributed by atoms with Crippen LogP contribution in [0.3, 0.4) is 0 Å². The lowest BCUT2D eigenvalue weighted by Gasteiger charge is -2.09. The minimum absolute atomic E-state index is 0.0343. The molecule has 1 heterocycles. The first-order valence-corrected chi connectivity index (χ1v) is 8.47. The third kappa shape index (κ3) is 6.45. The summed E-state index contributed by atoms with van der Waals surface area (Å²) in [5.41, 5.74) is 0.245. The maximum Gasteiger partial charge on any atom is 0.414 e. The molecule has 0 aliphatic carbocycles. The zero-order chi connectivity index (χ0) is 17.9. The Morgan fingerprint density at radius 2 is 2.08 bits per heavy atom. The summed E-state index contributed by atoms with van der Waals surface area (Å²) in [6.07, 6.45) is 3.83. The summed E-state index contributed by atoms with van der Waals surface area (Å²) in [5.74, 6) is -1.05. The van der Waals surface area contributed by atoms with Crippen molar-refractivity contribution in [1.29, 1.82) is 0 Å². The van der Waals surface area contributed by atoms with Gasteiger partial charge in [0.15, 0.2) is 0 Å². The Bertz CT molecular complexity index is 593. The Morgan fingerprint density at radius 1 is 1.33 bits per heavy atom. The van der Waals surface area contributed by atoms with Gasteiger partial charge in [-0.05, 0) is 18.7 Å². The zero-order valence-electron chi connectivity index (χ0n) is 13.8. The van der Waals surface area contributed by atoms with Gasteiger partial charge in [-0.15, -0.1) is 11.8 Å². The van der Waals surface area contributed by atoms with Crippen molar-refractivity contribution in [3.8, 4) is 5.88 Å². The fourth-order valence-electron chi connectivity index (χ4n) is 1.53. The summed E-state index contributed by atoms with van der Waals surface area (Å²) in [7, 11) is 1.26. The Balaban J connectivity index is 2.57. The third-order valence-corrected chi connectivity index (χ3v) is 3.52. The predicted octanol–water partition coefficient (Wildman–Crippen LogP) is 2.02. The Labute approximate surface area is 144 Å². The molecule has 0 atom stereocenters. The molecule has 0 aromatic carbocycles. The van der Waals surface area contributed by atoms with Gasteiger partial charge in [-0.2, -0.15) is 0 Å². The molecule has 0 spiro atoms. The molecule has 1 N–H and O–H groups in total. The van der Waals surface area contributed by atoms with E-state index in [9.17, 15) is 14.4 Å². The number of hydrogen-bond acceptors (Lipinski definition) is 8. The number of unbranched alkanes of at least 4 members (excludes halogenated alkanes) is 1. The number of carbonyl (C=O) groups is 3. The van der Waals surface area contributed by atoms with Crippen molar-refractivity contribution in [3.05, 3.63) is 17.8 Å². The molecule has 0 saturated heterocycles. The van der Waals surface area contributed by atoms with Crippen molar-refractivity contribution in [3.63, 3.8) is 0 Å². The van der Waals surface area contributed by atoms with Crippen LogP contribution in [0.15, 0.2) is 17.2 Å². The number of esters is 2. The number of nitrogens with one attached hydrogen (secondary N) is 1. The van der Waals surface area contributed by atoms with E-state index in [0.29, 0.717) is 11.5 Å². The van der Waals surface area contributed by atoms with Gasteiger partial charge in [0.25, 0.3) is 0 Å².